The van der Waals surface area contributed by atoms with Crippen molar-refractivity contribution in [1.82, 2.24) is 4.90 Å². The number of likely N-dealkylation sites (tertiary alicyclic amines) is 1. The molecule has 3 aromatic carbocycles. The predicted octanol–water partition coefficient (Wildman–Crippen LogP) is 6.13. The SMILES string of the molecule is COc1ccc2c(-c3ccc(OCCN4CCCCC4)cc3)c(Oc3ccccc3)c(=O)oc2c1. The number of nitrogens with zero attached hydrogens (tertiary/aromatic N) is 1. The van der Waals surface area contributed by atoms with E-state index in [2.05, 4.69) is 4.90 Å². The van der Waals surface area contributed by atoms with E-state index in [0.29, 0.717) is 29.3 Å². The van der Waals surface area contributed by atoms with Crippen LogP contribution in [0.25, 0.3) is 22.1 Å². The number of benzene rings is 3. The number of piperidine rings is 1. The molecular weight excluding hydrogens is 442 g/mol. The van der Waals surface area contributed by atoms with Crippen LogP contribution in [0, 0.1) is 0 Å². The van der Waals surface area contributed by atoms with Gasteiger partial charge < -0.3 is 18.6 Å². The summed E-state index contributed by atoms with van der Waals surface area (Å²) >= 11 is 0. The molecule has 180 valence electrons. The van der Waals surface area contributed by atoms with Crippen LogP contribution in [0.5, 0.6) is 23.0 Å². The lowest BCUT2D eigenvalue weighted by atomic mass is 10.0. The highest BCUT2D eigenvalue weighted by molar-refractivity contribution is 5.97. The minimum Gasteiger partial charge on any atom is -0.497 e. The third-order valence-electron chi connectivity index (χ3n) is 6.30. The van der Waals surface area contributed by atoms with E-state index in [1.807, 2.05) is 54.6 Å². The topological polar surface area (TPSA) is 61.1 Å². The molecule has 6 nitrogen and oxygen atoms in total. The first-order valence-electron chi connectivity index (χ1n) is 12.0. The Bertz CT molecular complexity index is 1330. The molecule has 0 N–H and O–H groups in total. The maximum Gasteiger partial charge on any atom is 0.380 e. The fourth-order valence-electron chi connectivity index (χ4n) is 4.47. The minimum absolute atomic E-state index is 0.146. The summed E-state index contributed by atoms with van der Waals surface area (Å²) in [4.78, 5) is 15.5. The van der Waals surface area contributed by atoms with Gasteiger partial charge in [0.15, 0.2) is 0 Å². The van der Waals surface area contributed by atoms with Crippen molar-refractivity contribution in [3.63, 3.8) is 0 Å². The van der Waals surface area contributed by atoms with Crippen LogP contribution in [0.15, 0.2) is 82.0 Å². The lowest BCUT2D eigenvalue weighted by Crippen LogP contribution is -2.33. The molecule has 5 rings (SSSR count). The number of rotatable bonds is 8. The van der Waals surface area contributed by atoms with Crippen LogP contribution in [-0.4, -0.2) is 38.3 Å². The number of hydrogen-bond donors (Lipinski definition) is 0. The molecule has 1 fully saturated rings. The Kier molecular flexibility index (Phi) is 7.00. The summed E-state index contributed by atoms with van der Waals surface area (Å²) in [5.74, 6) is 2.12. The summed E-state index contributed by atoms with van der Waals surface area (Å²) < 4.78 is 23.0. The average Bonchev–Trinajstić information content (AvgIpc) is 2.90. The molecule has 0 amide bonds. The Balaban J connectivity index is 1.46. The zero-order chi connectivity index (χ0) is 24.0. The second-order valence-electron chi connectivity index (χ2n) is 8.65. The first kappa shape index (κ1) is 23.0. The second kappa shape index (κ2) is 10.7. The van der Waals surface area contributed by atoms with Crippen LogP contribution in [0.4, 0.5) is 0 Å². The van der Waals surface area contributed by atoms with E-state index >= 15 is 0 Å². The second-order valence-corrected chi connectivity index (χ2v) is 8.65. The van der Waals surface area contributed by atoms with Crippen LogP contribution in [-0.2, 0) is 0 Å². The van der Waals surface area contributed by atoms with Crippen molar-refractivity contribution in [2.75, 3.05) is 33.4 Å². The molecule has 2 heterocycles. The summed E-state index contributed by atoms with van der Waals surface area (Å²) in [5, 5.41) is 0.759. The molecule has 1 aliphatic heterocycles. The lowest BCUT2D eigenvalue weighted by molar-refractivity contribution is 0.183. The smallest absolute Gasteiger partial charge is 0.380 e. The lowest BCUT2D eigenvalue weighted by Gasteiger charge is -2.26. The van der Waals surface area contributed by atoms with Crippen LogP contribution in [0.2, 0.25) is 0 Å². The molecule has 0 aliphatic carbocycles. The van der Waals surface area contributed by atoms with Gasteiger partial charge in [-0.2, -0.15) is 0 Å². The Hall–Kier alpha value is -3.77. The van der Waals surface area contributed by atoms with Crippen molar-refractivity contribution in [2.24, 2.45) is 0 Å². The zero-order valence-corrected chi connectivity index (χ0v) is 19.9. The largest absolute Gasteiger partial charge is 0.497 e. The number of para-hydroxylation sites is 1. The fraction of sp³-hybridized carbons (Fsp3) is 0.276. The van der Waals surface area contributed by atoms with Gasteiger partial charge in [0.25, 0.3) is 0 Å². The third kappa shape index (κ3) is 5.33. The number of ether oxygens (including phenoxy) is 3. The zero-order valence-electron chi connectivity index (χ0n) is 19.9. The third-order valence-corrected chi connectivity index (χ3v) is 6.30. The standard InChI is InChI=1S/C29H29NO5/c1-32-24-14-15-25-26(20-24)35-29(31)28(34-23-8-4-2-5-9-23)27(25)21-10-12-22(13-11-21)33-19-18-30-16-6-3-7-17-30/h2,4-5,8-15,20H,3,6-7,16-19H2,1H3. The summed E-state index contributed by atoms with van der Waals surface area (Å²) in [5.41, 5.74) is 1.39. The molecule has 1 aromatic heterocycles. The first-order chi connectivity index (χ1) is 17.2. The van der Waals surface area contributed by atoms with Crippen LogP contribution in [0.1, 0.15) is 19.3 Å². The van der Waals surface area contributed by atoms with Crippen molar-refractivity contribution in [3.05, 3.63) is 83.2 Å². The van der Waals surface area contributed by atoms with Crippen molar-refractivity contribution in [2.45, 2.75) is 19.3 Å². The van der Waals surface area contributed by atoms with Crippen molar-refractivity contribution in [1.29, 1.82) is 0 Å². The quantitative estimate of drug-likeness (QED) is 0.288. The highest BCUT2D eigenvalue weighted by atomic mass is 16.5. The van der Waals surface area contributed by atoms with Gasteiger partial charge in [0, 0.05) is 23.6 Å². The van der Waals surface area contributed by atoms with E-state index in [4.69, 9.17) is 18.6 Å². The highest BCUT2D eigenvalue weighted by Gasteiger charge is 2.19. The van der Waals surface area contributed by atoms with E-state index in [1.165, 1.54) is 19.3 Å². The normalized spacial score (nSPS) is 14.1. The first-order valence-corrected chi connectivity index (χ1v) is 12.0. The van der Waals surface area contributed by atoms with Gasteiger partial charge in [-0.05, 0) is 67.9 Å². The minimum atomic E-state index is -0.550. The van der Waals surface area contributed by atoms with Crippen LogP contribution in [0.3, 0.4) is 0 Å². The van der Waals surface area contributed by atoms with Gasteiger partial charge in [-0.3, -0.25) is 4.90 Å². The maximum absolute atomic E-state index is 13.0. The molecule has 35 heavy (non-hydrogen) atoms. The number of hydrogen-bond acceptors (Lipinski definition) is 6. The molecule has 0 saturated carbocycles. The molecule has 0 radical (unpaired) electrons. The van der Waals surface area contributed by atoms with Crippen molar-refractivity contribution < 1.29 is 18.6 Å². The van der Waals surface area contributed by atoms with Gasteiger partial charge >= 0.3 is 5.63 Å². The molecule has 4 aromatic rings. The molecule has 1 aliphatic rings. The van der Waals surface area contributed by atoms with Gasteiger partial charge in [0.05, 0.1) is 7.11 Å². The molecule has 0 bridgehead atoms. The van der Waals surface area contributed by atoms with E-state index < -0.39 is 5.63 Å². The summed E-state index contributed by atoms with van der Waals surface area (Å²) in [6.45, 7) is 3.89. The van der Waals surface area contributed by atoms with Gasteiger partial charge in [-0.15, -0.1) is 0 Å². The van der Waals surface area contributed by atoms with Crippen molar-refractivity contribution >= 4 is 11.0 Å². The van der Waals surface area contributed by atoms with Crippen LogP contribution < -0.4 is 19.8 Å². The molecule has 0 unspecified atom stereocenters. The summed E-state index contributed by atoms with van der Waals surface area (Å²) in [6.07, 6.45) is 3.87. The summed E-state index contributed by atoms with van der Waals surface area (Å²) in [6, 6.07) is 22.4. The maximum atomic E-state index is 13.0. The highest BCUT2D eigenvalue weighted by Crippen LogP contribution is 2.38. The number of methoxy groups -OCH3 is 1. The fourth-order valence-corrected chi connectivity index (χ4v) is 4.47. The molecule has 0 atom stereocenters. The summed E-state index contributed by atoms with van der Waals surface area (Å²) in [7, 11) is 1.58. The average molecular weight is 472 g/mol. The molecular formula is C29H29NO5. The van der Waals surface area contributed by atoms with E-state index in [0.717, 1.165) is 36.3 Å². The monoisotopic (exact) mass is 471 g/mol. The van der Waals surface area contributed by atoms with Gasteiger partial charge in [0.1, 0.15) is 29.4 Å². The van der Waals surface area contributed by atoms with Crippen molar-refractivity contribution in [3.8, 4) is 34.1 Å². The molecule has 0 spiro atoms. The Morgan fingerprint density at radius 1 is 0.857 bits per heavy atom. The van der Waals surface area contributed by atoms with Gasteiger partial charge in [-0.25, -0.2) is 4.79 Å². The van der Waals surface area contributed by atoms with Gasteiger partial charge in [0.2, 0.25) is 5.75 Å². The number of fused-ring (bicyclic) bond motifs is 1. The predicted molar refractivity (Wildman–Crippen MR) is 137 cm³/mol. The van der Waals surface area contributed by atoms with E-state index in [9.17, 15) is 4.79 Å². The van der Waals surface area contributed by atoms with E-state index in [1.54, 1.807) is 25.3 Å². The molecule has 6 heteroatoms. The Labute approximate surface area is 204 Å². The van der Waals surface area contributed by atoms with E-state index in [-0.39, 0.29) is 5.75 Å². The Morgan fingerprint density at radius 3 is 2.34 bits per heavy atom. The van der Waals surface area contributed by atoms with Gasteiger partial charge in [-0.1, -0.05) is 36.8 Å². The molecule has 1 saturated heterocycles. The van der Waals surface area contributed by atoms with Crippen LogP contribution >= 0.6 is 0 Å². The Morgan fingerprint density at radius 2 is 1.60 bits per heavy atom.